The van der Waals surface area contributed by atoms with Crippen molar-refractivity contribution in [1.82, 2.24) is 9.78 Å². The van der Waals surface area contributed by atoms with E-state index in [0.29, 0.717) is 11.1 Å². The van der Waals surface area contributed by atoms with Crippen molar-refractivity contribution in [3.63, 3.8) is 0 Å². The average molecular weight is 226 g/mol. The Balaban J connectivity index is 2.13. The van der Waals surface area contributed by atoms with E-state index < -0.39 is 0 Å². The van der Waals surface area contributed by atoms with Crippen molar-refractivity contribution in [3.05, 3.63) is 54.0 Å². The van der Waals surface area contributed by atoms with E-state index in [-0.39, 0.29) is 5.78 Å². The van der Waals surface area contributed by atoms with Crippen LogP contribution in [0.1, 0.15) is 15.9 Å². The number of para-hydroxylation sites is 1. The largest absolute Gasteiger partial charge is 0.464 e. The first kappa shape index (κ1) is 9.84. The summed E-state index contributed by atoms with van der Waals surface area (Å²) >= 11 is 0. The number of rotatable bonds is 2. The molecule has 3 rings (SSSR count). The second-order valence-corrected chi connectivity index (χ2v) is 3.88. The fourth-order valence-electron chi connectivity index (χ4n) is 1.85. The number of furan rings is 1. The maximum atomic E-state index is 12.2. The summed E-state index contributed by atoms with van der Waals surface area (Å²) in [5.41, 5.74) is 1.87. The molecule has 2 heterocycles. The maximum absolute atomic E-state index is 12.2. The molecule has 0 atom stereocenters. The zero-order valence-electron chi connectivity index (χ0n) is 9.25. The van der Waals surface area contributed by atoms with Crippen LogP contribution in [0, 0.1) is 0 Å². The zero-order valence-corrected chi connectivity index (χ0v) is 9.25. The number of benzene rings is 1. The van der Waals surface area contributed by atoms with Gasteiger partial charge in [-0.15, -0.1) is 0 Å². The fourth-order valence-corrected chi connectivity index (χ4v) is 1.85. The van der Waals surface area contributed by atoms with Crippen molar-refractivity contribution in [1.29, 1.82) is 0 Å². The van der Waals surface area contributed by atoms with Crippen LogP contribution in [-0.4, -0.2) is 15.6 Å². The standard InChI is InChI=1S/C13H10N2O2/c1-15-7-9(6-14-15)13(16)11-8-17-12-5-3-2-4-10(11)12/h2-8H,1H3. The van der Waals surface area contributed by atoms with Gasteiger partial charge in [0.2, 0.25) is 0 Å². The van der Waals surface area contributed by atoms with Crippen LogP contribution >= 0.6 is 0 Å². The Hall–Kier alpha value is -2.36. The van der Waals surface area contributed by atoms with Crippen LogP contribution in [0.25, 0.3) is 11.0 Å². The molecule has 1 aromatic carbocycles. The predicted molar refractivity (Wildman–Crippen MR) is 62.9 cm³/mol. The lowest BCUT2D eigenvalue weighted by Crippen LogP contribution is -1.98. The van der Waals surface area contributed by atoms with Gasteiger partial charge in [0.25, 0.3) is 0 Å². The second-order valence-electron chi connectivity index (χ2n) is 3.88. The van der Waals surface area contributed by atoms with Crippen molar-refractivity contribution in [2.24, 2.45) is 7.05 Å². The summed E-state index contributed by atoms with van der Waals surface area (Å²) in [7, 11) is 1.78. The fraction of sp³-hybridized carbons (Fsp3) is 0.0769. The number of nitrogens with zero attached hydrogens (tertiary/aromatic N) is 2. The van der Waals surface area contributed by atoms with Gasteiger partial charge in [0.05, 0.1) is 17.3 Å². The molecule has 0 bridgehead atoms. The molecule has 0 amide bonds. The van der Waals surface area contributed by atoms with Crippen molar-refractivity contribution in [2.45, 2.75) is 0 Å². The van der Waals surface area contributed by atoms with Crippen LogP contribution < -0.4 is 0 Å². The minimum absolute atomic E-state index is 0.0666. The monoisotopic (exact) mass is 226 g/mol. The van der Waals surface area contributed by atoms with Crippen molar-refractivity contribution >= 4 is 16.8 Å². The van der Waals surface area contributed by atoms with Crippen LogP contribution in [-0.2, 0) is 7.05 Å². The van der Waals surface area contributed by atoms with Crippen molar-refractivity contribution in [3.8, 4) is 0 Å². The van der Waals surface area contributed by atoms with Crippen LogP contribution in [0.4, 0.5) is 0 Å². The Morgan fingerprint density at radius 3 is 2.94 bits per heavy atom. The molecule has 3 aromatic rings. The van der Waals surface area contributed by atoms with E-state index in [2.05, 4.69) is 5.10 Å². The van der Waals surface area contributed by atoms with Crippen LogP contribution in [0.2, 0.25) is 0 Å². The molecule has 0 N–H and O–H groups in total. The maximum Gasteiger partial charge on any atom is 0.200 e. The normalized spacial score (nSPS) is 10.9. The first-order valence-corrected chi connectivity index (χ1v) is 5.25. The van der Waals surface area contributed by atoms with E-state index in [1.165, 1.54) is 6.26 Å². The number of carbonyl (C=O) groups is 1. The summed E-state index contributed by atoms with van der Waals surface area (Å²) in [6.45, 7) is 0. The Morgan fingerprint density at radius 1 is 1.35 bits per heavy atom. The first-order chi connectivity index (χ1) is 8.25. The van der Waals surface area contributed by atoms with E-state index in [4.69, 9.17) is 4.42 Å². The molecule has 0 fully saturated rings. The third kappa shape index (κ3) is 1.54. The van der Waals surface area contributed by atoms with Gasteiger partial charge >= 0.3 is 0 Å². The smallest absolute Gasteiger partial charge is 0.200 e. The van der Waals surface area contributed by atoms with Crippen LogP contribution in [0.5, 0.6) is 0 Å². The first-order valence-electron chi connectivity index (χ1n) is 5.25. The molecule has 0 aliphatic carbocycles. The van der Waals surface area contributed by atoms with Crippen molar-refractivity contribution in [2.75, 3.05) is 0 Å². The van der Waals surface area contributed by atoms with Gasteiger partial charge in [-0.3, -0.25) is 9.48 Å². The van der Waals surface area contributed by atoms with Crippen molar-refractivity contribution < 1.29 is 9.21 Å². The highest BCUT2D eigenvalue weighted by Gasteiger charge is 2.16. The predicted octanol–water partition coefficient (Wildman–Crippen LogP) is 2.40. The van der Waals surface area contributed by atoms with Gasteiger partial charge in [0.15, 0.2) is 5.78 Å². The molecule has 0 aliphatic heterocycles. The molecule has 0 saturated heterocycles. The lowest BCUT2D eigenvalue weighted by atomic mass is 10.1. The quantitative estimate of drug-likeness (QED) is 0.630. The third-order valence-corrected chi connectivity index (χ3v) is 2.69. The molecule has 0 saturated carbocycles. The topological polar surface area (TPSA) is 48.0 Å². The third-order valence-electron chi connectivity index (χ3n) is 2.69. The lowest BCUT2D eigenvalue weighted by molar-refractivity contribution is 0.103. The number of hydrogen-bond acceptors (Lipinski definition) is 3. The van der Waals surface area contributed by atoms with E-state index in [9.17, 15) is 4.79 Å². The SMILES string of the molecule is Cn1cc(C(=O)c2coc3ccccc23)cn1. The summed E-state index contributed by atoms with van der Waals surface area (Å²) in [6, 6.07) is 7.49. The van der Waals surface area contributed by atoms with Gasteiger partial charge in [-0.1, -0.05) is 18.2 Å². The number of ketones is 1. The Bertz CT molecular complexity index is 694. The van der Waals surface area contributed by atoms with E-state index in [1.54, 1.807) is 24.1 Å². The number of carbonyl (C=O) groups excluding carboxylic acids is 1. The molecular weight excluding hydrogens is 216 g/mol. The Kier molecular flexibility index (Phi) is 2.08. The average Bonchev–Trinajstić information content (AvgIpc) is 2.94. The molecule has 17 heavy (non-hydrogen) atoms. The molecule has 0 unspecified atom stereocenters. The molecule has 2 aromatic heterocycles. The van der Waals surface area contributed by atoms with Gasteiger partial charge in [-0.05, 0) is 6.07 Å². The Morgan fingerprint density at radius 2 is 2.18 bits per heavy atom. The van der Waals surface area contributed by atoms with E-state index in [0.717, 1.165) is 11.0 Å². The molecule has 0 aliphatic rings. The number of aryl methyl sites for hydroxylation is 1. The molecular formula is C13H10N2O2. The zero-order chi connectivity index (χ0) is 11.8. The van der Waals surface area contributed by atoms with E-state index in [1.807, 2.05) is 24.3 Å². The molecule has 0 spiro atoms. The van der Waals surface area contributed by atoms with Gasteiger partial charge in [-0.2, -0.15) is 5.10 Å². The second kappa shape index (κ2) is 3.59. The minimum Gasteiger partial charge on any atom is -0.464 e. The molecule has 4 nitrogen and oxygen atoms in total. The highest BCUT2D eigenvalue weighted by molar-refractivity contribution is 6.15. The highest BCUT2D eigenvalue weighted by atomic mass is 16.3. The molecule has 84 valence electrons. The number of aromatic nitrogens is 2. The minimum atomic E-state index is -0.0666. The van der Waals surface area contributed by atoms with Gasteiger partial charge in [-0.25, -0.2) is 0 Å². The number of hydrogen-bond donors (Lipinski definition) is 0. The van der Waals surface area contributed by atoms with Crippen LogP contribution in [0.15, 0.2) is 47.3 Å². The number of fused-ring (bicyclic) bond motifs is 1. The van der Waals surface area contributed by atoms with Gasteiger partial charge in [0, 0.05) is 18.6 Å². The highest BCUT2D eigenvalue weighted by Crippen LogP contribution is 2.22. The summed E-state index contributed by atoms with van der Waals surface area (Å²) in [5.74, 6) is -0.0666. The van der Waals surface area contributed by atoms with Gasteiger partial charge in [0.1, 0.15) is 11.8 Å². The lowest BCUT2D eigenvalue weighted by Gasteiger charge is -1.93. The van der Waals surface area contributed by atoms with Gasteiger partial charge < -0.3 is 4.42 Å². The van der Waals surface area contributed by atoms with E-state index >= 15 is 0 Å². The molecule has 4 heteroatoms. The Labute approximate surface area is 97.5 Å². The summed E-state index contributed by atoms with van der Waals surface area (Å²) in [5, 5.41) is 4.83. The molecule has 0 radical (unpaired) electrons. The summed E-state index contributed by atoms with van der Waals surface area (Å²) < 4.78 is 6.96. The summed E-state index contributed by atoms with van der Waals surface area (Å²) in [6.07, 6.45) is 4.76. The van der Waals surface area contributed by atoms with Crippen LogP contribution in [0.3, 0.4) is 0 Å². The summed E-state index contributed by atoms with van der Waals surface area (Å²) in [4.78, 5) is 12.2.